The highest BCUT2D eigenvalue weighted by Crippen LogP contribution is 2.38. The Kier molecular flexibility index (Phi) is 5.18. The van der Waals surface area contributed by atoms with Crippen molar-refractivity contribution in [2.24, 2.45) is 0 Å². The first kappa shape index (κ1) is 18.0. The van der Waals surface area contributed by atoms with Crippen molar-refractivity contribution in [1.29, 1.82) is 0 Å². The summed E-state index contributed by atoms with van der Waals surface area (Å²) in [4.78, 5) is 9.59. The smallest absolute Gasteiger partial charge is 0.384 e. The summed E-state index contributed by atoms with van der Waals surface area (Å²) in [5.41, 5.74) is -3.58. The molecule has 0 fully saturated rings. The maximum atomic E-state index is 12.9. The largest absolute Gasteiger partial charge is 0.423 e. The summed E-state index contributed by atoms with van der Waals surface area (Å²) in [6.07, 6.45) is -3.83. The van der Waals surface area contributed by atoms with Gasteiger partial charge in [0, 0.05) is 17.5 Å². The standard InChI is InChI=1S/C14H17F3N2O3/c1-4-7-13(3,20)9(2)18-10-5-6-12(19(21)22)11(8-10)14(15,16)17/h5-6,8,18,20H,2,4,7H2,1,3H3/t13-/m0/s1. The summed E-state index contributed by atoms with van der Waals surface area (Å²) in [5.74, 6) is 0. The van der Waals surface area contributed by atoms with Crippen LogP contribution in [0.3, 0.4) is 0 Å². The fraction of sp³-hybridized carbons (Fsp3) is 0.429. The van der Waals surface area contributed by atoms with Gasteiger partial charge in [0.15, 0.2) is 0 Å². The average molecular weight is 318 g/mol. The van der Waals surface area contributed by atoms with Crippen molar-refractivity contribution in [3.63, 3.8) is 0 Å². The Bertz CT molecular complexity index is 583. The highest BCUT2D eigenvalue weighted by atomic mass is 19.4. The van der Waals surface area contributed by atoms with Gasteiger partial charge in [0.25, 0.3) is 5.69 Å². The molecule has 1 aromatic rings. The van der Waals surface area contributed by atoms with E-state index < -0.39 is 28.0 Å². The highest BCUT2D eigenvalue weighted by Gasteiger charge is 2.38. The SMILES string of the molecule is C=C(Nc1ccc([N+](=O)[O-])c(C(F)(F)F)c1)[C@@](C)(O)CCC. The lowest BCUT2D eigenvalue weighted by Crippen LogP contribution is -2.30. The molecular weight excluding hydrogens is 301 g/mol. The van der Waals surface area contributed by atoms with E-state index in [1.807, 2.05) is 6.92 Å². The van der Waals surface area contributed by atoms with Crippen LogP contribution in [0, 0.1) is 10.1 Å². The van der Waals surface area contributed by atoms with Crippen molar-refractivity contribution in [3.05, 3.63) is 46.2 Å². The fourth-order valence-electron chi connectivity index (χ4n) is 1.95. The molecule has 0 amide bonds. The van der Waals surface area contributed by atoms with Gasteiger partial charge in [-0.3, -0.25) is 10.1 Å². The van der Waals surface area contributed by atoms with E-state index in [1.165, 1.54) is 6.92 Å². The molecule has 1 rings (SSSR count). The second-order valence-corrected chi connectivity index (χ2v) is 5.11. The number of nitrogens with one attached hydrogen (secondary N) is 1. The first-order valence-electron chi connectivity index (χ1n) is 6.53. The van der Waals surface area contributed by atoms with E-state index in [0.29, 0.717) is 18.9 Å². The molecule has 0 heterocycles. The third kappa shape index (κ3) is 4.20. The molecule has 0 spiro atoms. The molecule has 0 aliphatic heterocycles. The molecule has 0 saturated carbocycles. The Hall–Kier alpha value is -2.09. The van der Waals surface area contributed by atoms with Crippen LogP contribution in [0.1, 0.15) is 32.3 Å². The minimum Gasteiger partial charge on any atom is -0.384 e. The van der Waals surface area contributed by atoms with Crippen LogP contribution in [0.4, 0.5) is 24.5 Å². The van der Waals surface area contributed by atoms with E-state index in [2.05, 4.69) is 11.9 Å². The first-order valence-corrected chi connectivity index (χ1v) is 6.53. The number of anilines is 1. The molecule has 122 valence electrons. The number of rotatable bonds is 6. The Morgan fingerprint density at radius 1 is 1.45 bits per heavy atom. The van der Waals surface area contributed by atoms with Gasteiger partial charge in [0.05, 0.1) is 4.92 Å². The van der Waals surface area contributed by atoms with E-state index in [4.69, 9.17) is 0 Å². The monoisotopic (exact) mass is 318 g/mol. The van der Waals surface area contributed by atoms with Gasteiger partial charge in [-0.2, -0.15) is 13.2 Å². The zero-order chi connectivity index (χ0) is 17.1. The number of alkyl halides is 3. The van der Waals surface area contributed by atoms with Gasteiger partial charge in [-0.05, 0) is 25.5 Å². The lowest BCUT2D eigenvalue weighted by molar-refractivity contribution is -0.388. The van der Waals surface area contributed by atoms with Crippen LogP contribution in [-0.4, -0.2) is 15.6 Å². The molecular formula is C14H17F3N2O3. The molecule has 2 N–H and O–H groups in total. The molecule has 0 aliphatic rings. The van der Waals surface area contributed by atoms with Crippen molar-refractivity contribution in [2.45, 2.75) is 38.5 Å². The molecule has 8 heteroatoms. The topological polar surface area (TPSA) is 75.4 Å². The summed E-state index contributed by atoms with van der Waals surface area (Å²) in [6, 6.07) is 2.54. The van der Waals surface area contributed by atoms with Gasteiger partial charge in [0.2, 0.25) is 0 Å². The maximum Gasteiger partial charge on any atom is 0.423 e. The van der Waals surface area contributed by atoms with E-state index >= 15 is 0 Å². The Morgan fingerprint density at radius 2 is 2.05 bits per heavy atom. The Morgan fingerprint density at radius 3 is 2.50 bits per heavy atom. The number of aliphatic hydroxyl groups is 1. The molecule has 0 unspecified atom stereocenters. The zero-order valence-corrected chi connectivity index (χ0v) is 12.2. The quantitative estimate of drug-likeness (QED) is 0.612. The van der Waals surface area contributed by atoms with Crippen LogP contribution in [-0.2, 0) is 6.18 Å². The second kappa shape index (κ2) is 6.35. The van der Waals surface area contributed by atoms with Gasteiger partial charge in [-0.15, -0.1) is 0 Å². The van der Waals surface area contributed by atoms with E-state index in [9.17, 15) is 28.4 Å². The summed E-state index contributed by atoms with van der Waals surface area (Å²) < 4.78 is 38.6. The Balaban J connectivity index is 3.13. The van der Waals surface area contributed by atoms with Crippen LogP contribution in [0.15, 0.2) is 30.5 Å². The number of nitro groups is 1. The molecule has 5 nitrogen and oxygen atoms in total. The number of hydrogen-bond donors (Lipinski definition) is 2. The first-order chi connectivity index (χ1) is 9.99. The third-order valence-electron chi connectivity index (χ3n) is 3.18. The molecule has 22 heavy (non-hydrogen) atoms. The molecule has 0 saturated heterocycles. The molecule has 0 bridgehead atoms. The van der Waals surface area contributed by atoms with Gasteiger partial charge in [-0.25, -0.2) is 0 Å². The van der Waals surface area contributed by atoms with E-state index in [0.717, 1.165) is 12.1 Å². The van der Waals surface area contributed by atoms with Crippen molar-refractivity contribution in [3.8, 4) is 0 Å². The second-order valence-electron chi connectivity index (χ2n) is 5.11. The predicted molar refractivity (Wildman–Crippen MR) is 76.4 cm³/mol. The van der Waals surface area contributed by atoms with Crippen molar-refractivity contribution >= 4 is 11.4 Å². The van der Waals surface area contributed by atoms with E-state index in [-0.39, 0.29) is 11.4 Å². The number of nitrogens with zero attached hydrogens (tertiary/aromatic N) is 1. The lowest BCUT2D eigenvalue weighted by atomic mass is 9.97. The maximum absolute atomic E-state index is 12.9. The Labute approximate surface area is 125 Å². The van der Waals surface area contributed by atoms with Gasteiger partial charge in [-0.1, -0.05) is 19.9 Å². The van der Waals surface area contributed by atoms with Gasteiger partial charge < -0.3 is 10.4 Å². The van der Waals surface area contributed by atoms with Crippen LogP contribution < -0.4 is 5.32 Å². The lowest BCUT2D eigenvalue weighted by Gasteiger charge is -2.26. The van der Waals surface area contributed by atoms with Crippen molar-refractivity contribution < 1.29 is 23.2 Å². The summed E-state index contributed by atoms with van der Waals surface area (Å²) >= 11 is 0. The van der Waals surface area contributed by atoms with Crippen LogP contribution in [0.25, 0.3) is 0 Å². The summed E-state index contributed by atoms with van der Waals surface area (Å²) in [6.45, 7) is 6.94. The summed E-state index contributed by atoms with van der Waals surface area (Å²) in [7, 11) is 0. The van der Waals surface area contributed by atoms with Crippen LogP contribution >= 0.6 is 0 Å². The van der Waals surface area contributed by atoms with Gasteiger partial charge in [0.1, 0.15) is 11.2 Å². The molecule has 0 radical (unpaired) electrons. The summed E-state index contributed by atoms with van der Waals surface area (Å²) in [5, 5.41) is 23.4. The number of halogens is 3. The molecule has 0 aliphatic carbocycles. The van der Waals surface area contributed by atoms with E-state index in [1.54, 1.807) is 0 Å². The number of benzene rings is 1. The third-order valence-corrected chi connectivity index (χ3v) is 3.18. The van der Waals surface area contributed by atoms with Crippen LogP contribution in [0.2, 0.25) is 0 Å². The van der Waals surface area contributed by atoms with Crippen molar-refractivity contribution in [1.82, 2.24) is 0 Å². The number of hydrogen-bond acceptors (Lipinski definition) is 4. The fourth-order valence-corrected chi connectivity index (χ4v) is 1.95. The van der Waals surface area contributed by atoms with Crippen molar-refractivity contribution in [2.75, 3.05) is 5.32 Å². The zero-order valence-electron chi connectivity index (χ0n) is 12.2. The minimum absolute atomic E-state index is 0.0284. The number of nitro benzene ring substituents is 1. The van der Waals surface area contributed by atoms with Crippen LogP contribution in [0.5, 0.6) is 0 Å². The normalized spacial score (nSPS) is 14.3. The molecule has 1 atom stereocenters. The average Bonchev–Trinajstić information content (AvgIpc) is 2.37. The minimum atomic E-state index is -4.85. The highest BCUT2D eigenvalue weighted by molar-refractivity contribution is 5.58. The molecule has 1 aromatic carbocycles. The molecule has 0 aromatic heterocycles. The van der Waals surface area contributed by atoms with Gasteiger partial charge >= 0.3 is 6.18 Å². The predicted octanol–water partition coefficient (Wildman–Crippen LogP) is 4.09.